The van der Waals surface area contributed by atoms with Crippen LogP contribution in [0, 0.1) is 10.1 Å². The van der Waals surface area contributed by atoms with E-state index in [-0.39, 0.29) is 11.7 Å². The Bertz CT molecular complexity index is 871. The predicted molar refractivity (Wildman–Crippen MR) is 111 cm³/mol. The Balaban J connectivity index is 1.40. The van der Waals surface area contributed by atoms with Gasteiger partial charge in [-0.2, -0.15) is 0 Å². The van der Waals surface area contributed by atoms with Crippen molar-refractivity contribution in [1.82, 2.24) is 9.88 Å². The van der Waals surface area contributed by atoms with E-state index >= 15 is 0 Å². The molecule has 29 heavy (non-hydrogen) atoms. The van der Waals surface area contributed by atoms with Gasteiger partial charge in [0.1, 0.15) is 5.75 Å². The van der Waals surface area contributed by atoms with Gasteiger partial charge in [-0.25, -0.2) is 0 Å². The summed E-state index contributed by atoms with van der Waals surface area (Å²) in [5, 5.41) is 11.7. The van der Waals surface area contributed by atoms with Gasteiger partial charge in [0.25, 0.3) is 0 Å². The number of nitro groups is 1. The van der Waals surface area contributed by atoms with Crippen LogP contribution in [0.15, 0.2) is 36.5 Å². The third-order valence-electron chi connectivity index (χ3n) is 4.60. The number of rotatable bonds is 7. The number of hydrogen-bond acceptors (Lipinski definition) is 6. The number of ether oxygens (including phenoxy) is 1. The van der Waals surface area contributed by atoms with Crippen LogP contribution in [0.2, 0.25) is 10.0 Å². The highest BCUT2D eigenvalue weighted by molar-refractivity contribution is 6.35. The normalized spacial score (nSPS) is 14.0. The number of carbonyl (C=O) groups excluding carboxylic acids is 1. The van der Waals surface area contributed by atoms with Crippen molar-refractivity contribution in [3.8, 4) is 5.75 Å². The molecule has 0 atom stereocenters. The lowest BCUT2D eigenvalue weighted by Crippen LogP contribution is -2.48. The summed E-state index contributed by atoms with van der Waals surface area (Å²) >= 11 is 11.9. The standard InChI is InChI=1S/C19H20Cl2N4O4/c20-14-3-5-17(16(21)12-14)29-11-1-2-19(26)24-9-7-23(8-10-24)15-4-6-18(22-13-15)25(27)28/h3-6,12-13H,1-2,7-11H2. The van der Waals surface area contributed by atoms with Crippen molar-refractivity contribution in [3.63, 3.8) is 0 Å². The summed E-state index contributed by atoms with van der Waals surface area (Å²) in [5.41, 5.74) is 0.816. The van der Waals surface area contributed by atoms with Gasteiger partial charge in [-0.05, 0) is 40.6 Å². The topological polar surface area (TPSA) is 88.8 Å². The van der Waals surface area contributed by atoms with Crippen LogP contribution in [-0.4, -0.2) is 53.5 Å². The summed E-state index contributed by atoms with van der Waals surface area (Å²) < 4.78 is 5.61. The molecule has 1 aromatic heterocycles. The largest absolute Gasteiger partial charge is 0.492 e. The number of carbonyl (C=O) groups is 1. The maximum Gasteiger partial charge on any atom is 0.363 e. The zero-order valence-corrected chi connectivity index (χ0v) is 17.1. The summed E-state index contributed by atoms with van der Waals surface area (Å²) in [5.74, 6) is 0.454. The first kappa shape index (κ1) is 21.1. The molecule has 8 nitrogen and oxygen atoms in total. The second-order valence-corrected chi connectivity index (χ2v) is 7.37. The fraction of sp³-hybridized carbons (Fsp3) is 0.368. The van der Waals surface area contributed by atoms with Crippen molar-refractivity contribution in [3.05, 3.63) is 56.7 Å². The minimum absolute atomic E-state index is 0.0808. The number of amides is 1. The lowest BCUT2D eigenvalue weighted by molar-refractivity contribution is -0.389. The minimum Gasteiger partial charge on any atom is -0.492 e. The van der Waals surface area contributed by atoms with E-state index in [0.29, 0.717) is 61.4 Å². The van der Waals surface area contributed by atoms with E-state index in [1.807, 2.05) is 4.90 Å². The number of pyridine rings is 1. The van der Waals surface area contributed by atoms with E-state index in [1.54, 1.807) is 24.3 Å². The molecule has 3 rings (SSSR count). The first-order valence-corrected chi connectivity index (χ1v) is 9.90. The Labute approximate surface area is 178 Å². The van der Waals surface area contributed by atoms with Crippen molar-refractivity contribution in [1.29, 1.82) is 0 Å². The van der Waals surface area contributed by atoms with Gasteiger partial charge in [0.2, 0.25) is 5.91 Å². The van der Waals surface area contributed by atoms with Gasteiger partial charge in [-0.3, -0.25) is 4.79 Å². The second-order valence-electron chi connectivity index (χ2n) is 6.53. The smallest absolute Gasteiger partial charge is 0.363 e. The van der Waals surface area contributed by atoms with Crippen LogP contribution in [-0.2, 0) is 4.79 Å². The fourth-order valence-corrected chi connectivity index (χ4v) is 3.51. The first-order chi connectivity index (χ1) is 13.9. The summed E-state index contributed by atoms with van der Waals surface area (Å²) in [7, 11) is 0. The van der Waals surface area contributed by atoms with Gasteiger partial charge in [-0.15, -0.1) is 0 Å². The molecular formula is C19H20Cl2N4O4. The van der Waals surface area contributed by atoms with Crippen LogP contribution >= 0.6 is 23.2 Å². The summed E-state index contributed by atoms with van der Waals surface area (Å²) in [6.45, 7) is 2.89. The maximum absolute atomic E-state index is 12.4. The Kier molecular flexibility index (Phi) is 7.11. The molecule has 0 N–H and O–H groups in total. The van der Waals surface area contributed by atoms with Gasteiger partial charge in [0.15, 0.2) is 6.20 Å². The number of nitrogens with zero attached hydrogens (tertiary/aromatic N) is 4. The third-order valence-corrected chi connectivity index (χ3v) is 5.13. The number of anilines is 1. The molecule has 1 aliphatic rings. The average Bonchev–Trinajstić information content (AvgIpc) is 2.72. The molecule has 1 aliphatic heterocycles. The van der Waals surface area contributed by atoms with Gasteiger partial charge in [0.05, 0.1) is 17.3 Å². The molecule has 1 saturated heterocycles. The molecule has 0 aliphatic carbocycles. The number of hydrogen-bond donors (Lipinski definition) is 0. The molecule has 0 saturated carbocycles. The van der Waals surface area contributed by atoms with E-state index < -0.39 is 4.92 Å². The summed E-state index contributed by atoms with van der Waals surface area (Å²) in [6.07, 6.45) is 2.48. The van der Waals surface area contributed by atoms with Crippen LogP contribution in [0.4, 0.5) is 11.5 Å². The molecule has 2 heterocycles. The molecule has 1 amide bonds. The SMILES string of the molecule is O=C(CCCOc1ccc(Cl)cc1Cl)N1CCN(c2ccc([N+](=O)[O-])nc2)CC1. The molecular weight excluding hydrogens is 419 g/mol. The Morgan fingerprint density at radius 1 is 1.17 bits per heavy atom. The third kappa shape index (κ3) is 5.71. The molecule has 0 bridgehead atoms. The van der Waals surface area contributed by atoms with E-state index in [2.05, 4.69) is 9.88 Å². The Morgan fingerprint density at radius 2 is 1.93 bits per heavy atom. The Hall–Kier alpha value is -2.58. The van der Waals surface area contributed by atoms with Gasteiger partial charge in [-0.1, -0.05) is 23.2 Å². The van der Waals surface area contributed by atoms with Gasteiger partial charge >= 0.3 is 5.82 Å². The minimum atomic E-state index is -0.523. The van der Waals surface area contributed by atoms with Crippen molar-refractivity contribution in [2.24, 2.45) is 0 Å². The predicted octanol–water partition coefficient (Wildman–Crippen LogP) is 3.80. The van der Waals surface area contributed by atoms with Crippen LogP contribution in [0.5, 0.6) is 5.75 Å². The molecule has 0 spiro atoms. The van der Waals surface area contributed by atoms with Crippen molar-refractivity contribution >= 4 is 40.6 Å². The molecule has 0 unspecified atom stereocenters. The number of halogens is 2. The average molecular weight is 439 g/mol. The van der Waals surface area contributed by atoms with E-state index in [9.17, 15) is 14.9 Å². The van der Waals surface area contributed by atoms with Gasteiger partial charge in [0, 0.05) is 43.7 Å². The zero-order chi connectivity index (χ0) is 20.8. The zero-order valence-electron chi connectivity index (χ0n) is 15.6. The summed E-state index contributed by atoms with van der Waals surface area (Å²) in [6, 6.07) is 8.10. The van der Waals surface area contributed by atoms with Gasteiger partial charge < -0.3 is 24.7 Å². The first-order valence-electron chi connectivity index (χ1n) is 9.15. The highest BCUT2D eigenvalue weighted by Gasteiger charge is 2.22. The van der Waals surface area contributed by atoms with Crippen molar-refractivity contribution < 1.29 is 14.5 Å². The molecule has 154 valence electrons. The van der Waals surface area contributed by atoms with Crippen LogP contribution < -0.4 is 9.64 Å². The lowest BCUT2D eigenvalue weighted by Gasteiger charge is -2.35. The van der Waals surface area contributed by atoms with E-state index in [0.717, 1.165) is 5.69 Å². The second kappa shape index (κ2) is 9.76. The quantitative estimate of drug-likeness (QED) is 0.371. The van der Waals surface area contributed by atoms with Crippen LogP contribution in [0.1, 0.15) is 12.8 Å². The van der Waals surface area contributed by atoms with Crippen LogP contribution in [0.3, 0.4) is 0 Å². The molecule has 1 fully saturated rings. The fourth-order valence-electron chi connectivity index (χ4n) is 3.04. The molecule has 1 aromatic carbocycles. The van der Waals surface area contributed by atoms with E-state index in [1.165, 1.54) is 12.3 Å². The highest BCUT2D eigenvalue weighted by atomic mass is 35.5. The van der Waals surface area contributed by atoms with E-state index in [4.69, 9.17) is 27.9 Å². The number of aromatic nitrogens is 1. The number of piperazine rings is 1. The van der Waals surface area contributed by atoms with Crippen molar-refractivity contribution in [2.75, 3.05) is 37.7 Å². The maximum atomic E-state index is 12.4. The number of benzene rings is 1. The molecule has 0 radical (unpaired) electrons. The van der Waals surface area contributed by atoms with Crippen LogP contribution in [0.25, 0.3) is 0 Å². The Morgan fingerprint density at radius 3 is 2.55 bits per heavy atom. The lowest BCUT2D eigenvalue weighted by atomic mass is 10.2. The monoisotopic (exact) mass is 438 g/mol. The molecule has 2 aromatic rings. The highest BCUT2D eigenvalue weighted by Crippen LogP contribution is 2.27. The van der Waals surface area contributed by atoms with Crippen molar-refractivity contribution in [2.45, 2.75) is 12.8 Å². The summed E-state index contributed by atoms with van der Waals surface area (Å²) in [4.78, 5) is 30.3. The molecule has 10 heteroatoms.